The Hall–Kier alpha value is -3.87. The molecule has 0 saturated heterocycles. The Labute approximate surface area is 183 Å². The topological polar surface area (TPSA) is 94.9 Å². The van der Waals surface area contributed by atoms with E-state index in [0.29, 0.717) is 32.0 Å². The molecule has 0 aliphatic carbocycles. The summed E-state index contributed by atoms with van der Waals surface area (Å²) in [6.07, 6.45) is 7.54. The van der Waals surface area contributed by atoms with E-state index in [4.69, 9.17) is 6.42 Å². The van der Waals surface area contributed by atoms with Crippen LogP contribution in [0.25, 0.3) is 0 Å². The summed E-state index contributed by atoms with van der Waals surface area (Å²) in [5, 5.41) is 14.6. The number of aromatic nitrogens is 1. The van der Waals surface area contributed by atoms with E-state index in [9.17, 15) is 28.3 Å². The van der Waals surface area contributed by atoms with Crippen LogP contribution in [0.4, 0.5) is 8.78 Å². The van der Waals surface area contributed by atoms with Crippen LogP contribution in [0.2, 0.25) is 0 Å². The summed E-state index contributed by atoms with van der Waals surface area (Å²) in [7, 11) is 0. The van der Waals surface area contributed by atoms with E-state index in [1.807, 2.05) is 0 Å². The highest BCUT2D eigenvalue weighted by Crippen LogP contribution is 2.21. The molecule has 2 amide bonds. The largest absolute Gasteiger partial charge is 0.502 e. The number of aromatic hydroxyl groups is 1. The maximum Gasteiger partial charge on any atom is 0.277 e. The molecule has 0 bridgehead atoms. The summed E-state index contributed by atoms with van der Waals surface area (Å²) >= 11 is 0. The zero-order valence-corrected chi connectivity index (χ0v) is 17.4. The quantitative estimate of drug-likeness (QED) is 0.499. The van der Waals surface area contributed by atoms with Gasteiger partial charge in [-0.3, -0.25) is 24.1 Å². The van der Waals surface area contributed by atoms with Gasteiger partial charge in [0, 0.05) is 43.9 Å². The van der Waals surface area contributed by atoms with Gasteiger partial charge in [-0.2, -0.15) is 0 Å². The highest BCUT2D eigenvalue weighted by Gasteiger charge is 2.33. The van der Waals surface area contributed by atoms with Crippen molar-refractivity contribution < 1.29 is 23.5 Å². The lowest BCUT2D eigenvalue weighted by atomic mass is 10.1. The van der Waals surface area contributed by atoms with Crippen molar-refractivity contribution in [3.05, 3.63) is 63.1 Å². The van der Waals surface area contributed by atoms with Crippen molar-refractivity contribution in [1.82, 2.24) is 14.9 Å². The van der Waals surface area contributed by atoms with E-state index in [1.54, 1.807) is 11.9 Å². The van der Waals surface area contributed by atoms with Crippen LogP contribution in [-0.4, -0.2) is 46.3 Å². The fourth-order valence-electron chi connectivity index (χ4n) is 3.37. The molecule has 0 radical (unpaired) electrons. The molecule has 168 valence electrons. The van der Waals surface area contributed by atoms with Gasteiger partial charge >= 0.3 is 0 Å². The molecule has 0 fully saturated rings. The molecular weight excluding hydrogens is 422 g/mol. The Morgan fingerprint density at radius 2 is 2.06 bits per heavy atom. The second-order valence-corrected chi connectivity index (χ2v) is 7.17. The molecule has 10 heteroatoms. The molecule has 2 heterocycles. The first-order valence-corrected chi connectivity index (χ1v) is 9.97. The van der Waals surface area contributed by atoms with Gasteiger partial charge in [-0.15, -0.1) is 12.3 Å². The number of amides is 2. The van der Waals surface area contributed by atoms with E-state index >= 15 is 0 Å². The van der Waals surface area contributed by atoms with Gasteiger partial charge in [0.2, 0.25) is 5.43 Å². The maximum atomic E-state index is 13.8. The first-order valence-electron chi connectivity index (χ1n) is 9.97. The lowest BCUT2D eigenvalue weighted by molar-refractivity contribution is 0.0695. The lowest BCUT2D eigenvalue weighted by Gasteiger charge is -2.39. The molecule has 0 atom stereocenters. The summed E-state index contributed by atoms with van der Waals surface area (Å²) in [4.78, 5) is 39.5. The summed E-state index contributed by atoms with van der Waals surface area (Å²) in [5.74, 6) is -1.36. The second-order valence-electron chi connectivity index (χ2n) is 7.17. The van der Waals surface area contributed by atoms with Crippen LogP contribution >= 0.6 is 0 Å². The summed E-state index contributed by atoms with van der Waals surface area (Å²) < 4.78 is 28.2. The molecule has 1 aromatic carbocycles. The minimum Gasteiger partial charge on any atom is -0.502 e. The van der Waals surface area contributed by atoms with Crippen LogP contribution in [-0.2, 0) is 6.54 Å². The molecule has 3 rings (SSSR count). The van der Waals surface area contributed by atoms with E-state index in [-0.39, 0.29) is 24.5 Å². The number of hydrogen-bond acceptors (Lipinski definition) is 5. The smallest absolute Gasteiger partial charge is 0.277 e. The van der Waals surface area contributed by atoms with Crippen LogP contribution in [0.5, 0.6) is 5.75 Å². The van der Waals surface area contributed by atoms with E-state index in [2.05, 4.69) is 11.2 Å². The predicted octanol–water partition coefficient (Wildman–Crippen LogP) is 1.55. The van der Waals surface area contributed by atoms with Crippen molar-refractivity contribution in [3.8, 4) is 18.1 Å². The monoisotopic (exact) mass is 444 g/mol. The number of benzene rings is 1. The van der Waals surface area contributed by atoms with Gasteiger partial charge in [0.25, 0.3) is 11.8 Å². The Kier molecular flexibility index (Phi) is 6.78. The third kappa shape index (κ3) is 4.42. The number of unbranched alkanes of at least 4 members (excludes halogenated alkanes) is 1. The molecular formula is C22H22F2N4O4. The van der Waals surface area contributed by atoms with E-state index in [0.717, 1.165) is 6.07 Å². The third-order valence-electron chi connectivity index (χ3n) is 5.11. The highest BCUT2D eigenvalue weighted by molar-refractivity contribution is 5.99. The third-order valence-corrected chi connectivity index (χ3v) is 5.11. The molecule has 8 nitrogen and oxygen atoms in total. The summed E-state index contributed by atoms with van der Waals surface area (Å²) in [5.41, 5.74) is -1.67. The normalized spacial score (nSPS) is 13.0. The zero-order valence-electron chi connectivity index (χ0n) is 17.4. The van der Waals surface area contributed by atoms with Crippen molar-refractivity contribution in [2.75, 3.05) is 24.8 Å². The van der Waals surface area contributed by atoms with E-state index < -0.39 is 40.2 Å². The lowest BCUT2D eigenvalue weighted by Crippen LogP contribution is -2.54. The van der Waals surface area contributed by atoms with Crippen LogP contribution in [0.15, 0.2) is 29.2 Å². The Morgan fingerprint density at radius 3 is 2.72 bits per heavy atom. The fourth-order valence-corrected chi connectivity index (χ4v) is 3.37. The Morgan fingerprint density at radius 1 is 1.31 bits per heavy atom. The molecule has 2 N–H and O–H groups in total. The number of carbonyl (C=O) groups excluding carboxylic acids is 2. The fraction of sp³-hybridized carbons (Fsp3) is 0.318. The molecule has 32 heavy (non-hydrogen) atoms. The molecule has 1 aliphatic rings. The van der Waals surface area contributed by atoms with Gasteiger partial charge < -0.3 is 15.3 Å². The number of halogens is 2. The molecule has 0 saturated carbocycles. The average molecular weight is 444 g/mol. The van der Waals surface area contributed by atoms with Crippen molar-refractivity contribution >= 4 is 11.8 Å². The van der Waals surface area contributed by atoms with Gasteiger partial charge in [-0.1, -0.05) is 6.07 Å². The number of hydrogen-bond donors (Lipinski definition) is 2. The number of nitrogens with one attached hydrogen (secondary N) is 1. The van der Waals surface area contributed by atoms with E-state index in [1.165, 1.54) is 21.8 Å². The predicted molar refractivity (Wildman–Crippen MR) is 113 cm³/mol. The minimum atomic E-state index is -1.02. The first kappa shape index (κ1) is 22.8. The minimum absolute atomic E-state index is 0.0201. The molecule has 2 aromatic rings. The molecule has 1 aromatic heterocycles. The van der Waals surface area contributed by atoms with Crippen LogP contribution in [0.3, 0.4) is 0 Å². The van der Waals surface area contributed by atoms with Gasteiger partial charge in [0.15, 0.2) is 11.4 Å². The highest BCUT2D eigenvalue weighted by atomic mass is 19.1. The van der Waals surface area contributed by atoms with Gasteiger partial charge in [0.1, 0.15) is 23.9 Å². The Balaban J connectivity index is 1.94. The van der Waals surface area contributed by atoms with Crippen molar-refractivity contribution in [3.63, 3.8) is 0 Å². The second kappa shape index (κ2) is 9.51. The maximum absolute atomic E-state index is 13.8. The van der Waals surface area contributed by atoms with Crippen LogP contribution in [0, 0.1) is 24.0 Å². The SMILES string of the molecule is C#CCCCN1CN(CC)C(=O)c2c(O)c(=O)c(C(=O)NCc3ccc(F)cc3F)cn21. The summed E-state index contributed by atoms with van der Waals surface area (Å²) in [6, 6.07) is 2.90. The number of rotatable bonds is 7. The average Bonchev–Trinajstić information content (AvgIpc) is 2.76. The number of fused-ring (bicyclic) bond motifs is 1. The number of carbonyl (C=O) groups is 2. The zero-order chi connectivity index (χ0) is 23.4. The van der Waals surface area contributed by atoms with Crippen molar-refractivity contribution in [2.24, 2.45) is 0 Å². The first-order chi connectivity index (χ1) is 15.3. The molecule has 0 unspecified atom stereocenters. The standard InChI is InChI=1S/C22H22F2N4O4/c1-3-5-6-9-27-13-26(4-2)22(32)18-20(30)19(29)16(12-28(18)27)21(31)25-11-14-7-8-15(23)10-17(14)24/h1,7-8,10,12,30H,4-6,9,11,13H2,2H3,(H,25,31). The van der Waals surface area contributed by atoms with Crippen molar-refractivity contribution in [2.45, 2.75) is 26.3 Å². The van der Waals surface area contributed by atoms with Gasteiger partial charge in [-0.05, 0) is 19.4 Å². The number of nitrogens with zero attached hydrogens (tertiary/aromatic N) is 3. The van der Waals surface area contributed by atoms with Crippen LogP contribution < -0.4 is 15.8 Å². The summed E-state index contributed by atoms with van der Waals surface area (Å²) in [6.45, 7) is 2.39. The van der Waals surface area contributed by atoms with Gasteiger partial charge in [-0.25, -0.2) is 8.78 Å². The molecule has 0 spiro atoms. The number of pyridine rings is 1. The van der Waals surface area contributed by atoms with Crippen LogP contribution in [0.1, 0.15) is 46.2 Å². The number of terminal acetylenes is 1. The van der Waals surface area contributed by atoms with Gasteiger partial charge in [0.05, 0.1) is 0 Å². The van der Waals surface area contributed by atoms with Crippen molar-refractivity contribution in [1.29, 1.82) is 0 Å². The molecule has 1 aliphatic heterocycles. The Bertz CT molecular complexity index is 1160.